The summed E-state index contributed by atoms with van der Waals surface area (Å²) in [5.41, 5.74) is 0. The van der Waals surface area contributed by atoms with Crippen molar-refractivity contribution in [1.82, 2.24) is 0 Å². The molecule has 1 aliphatic heterocycles. The van der Waals surface area contributed by atoms with Crippen LogP contribution < -0.4 is 0 Å². The predicted molar refractivity (Wildman–Crippen MR) is 66.9 cm³/mol. The third kappa shape index (κ3) is 3.23. The van der Waals surface area contributed by atoms with Crippen molar-refractivity contribution in [3.8, 4) is 0 Å². The van der Waals surface area contributed by atoms with Crippen LogP contribution in [0.5, 0.6) is 0 Å². The Morgan fingerprint density at radius 2 is 1.61 bits per heavy atom. The first-order chi connectivity index (χ1) is 8.58. The second kappa shape index (κ2) is 6.02. The Balaban J connectivity index is 2.08. The van der Waals surface area contributed by atoms with E-state index in [1.807, 2.05) is 6.92 Å². The first kappa shape index (κ1) is 13.8. The number of ether oxygens (including phenoxy) is 1. The molecule has 0 spiro atoms. The van der Waals surface area contributed by atoms with Gasteiger partial charge in [0.15, 0.2) is 0 Å². The second-order valence-electron chi connectivity index (χ2n) is 5.83. The number of aliphatic hydroxyl groups excluding tert-OH is 2. The highest BCUT2D eigenvalue weighted by Crippen LogP contribution is 2.37. The van der Waals surface area contributed by atoms with E-state index in [0.717, 1.165) is 25.7 Å². The van der Waals surface area contributed by atoms with Crippen molar-refractivity contribution < 1.29 is 19.7 Å². The Labute approximate surface area is 108 Å². The van der Waals surface area contributed by atoms with E-state index in [0.29, 0.717) is 12.8 Å². The van der Waals surface area contributed by atoms with Crippen LogP contribution in [-0.2, 0) is 9.53 Å². The maximum atomic E-state index is 11.8. The number of carbonyl (C=O) groups is 1. The fraction of sp³-hybridized carbons (Fsp3) is 0.929. The van der Waals surface area contributed by atoms with Crippen molar-refractivity contribution in [2.45, 2.75) is 70.2 Å². The molecule has 4 nitrogen and oxygen atoms in total. The molecule has 2 rings (SSSR count). The zero-order valence-electron chi connectivity index (χ0n) is 11.0. The number of esters is 1. The van der Waals surface area contributed by atoms with E-state index < -0.39 is 6.10 Å². The van der Waals surface area contributed by atoms with Gasteiger partial charge in [-0.1, -0.05) is 6.42 Å². The standard InChI is InChI=1S/C14H24O4/c1-9-4-2-3-5-10-11(8-14(17)18-9)13(16)7-6-12(10)15/h9-13,15-16H,2-8H2,1H3/t9-,10+,11+,12-,13-/m0/s1. The van der Waals surface area contributed by atoms with Gasteiger partial charge < -0.3 is 14.9 Å². The van der Waals surface area contributed by atoms with Gasteiger partial charge in [-0.3, -0.25) is 4.79 Å². The van der Waals surface area contributed by atoms with Crippen LogP contribution in [0, 0.1) is 11.8 Å². The van der Waals surface area contributed by atoms with Crippen LogP contribution in [0.25, 0.3) is 0 Å². The predicted octanol–water partition coefficient (Wildman–Crippen LogP) is 1.63. The molecule has 2 N–H and O–H groups in total. The van der Waals surface area contributed by atoms with Crippen LogP contribution in [0.1, 0.15) is 51.9 Å². The van der Waals surface area contributed by atoms with Crippen molar-refractivity contribution >= 4 is 5.97 Å². The van der Waals surface area contributed by atoms with Crippen LogP contribution in [0.15, 0.2) is 0 Å². The van der Waals surface area contributed by atoms with E-state index >= 15 is 0 Å². The fourth-order valence-electron chi connectivity index (χ4n) is 3.37. The van der Waals surface area contributed by atoms with E-state index in [9.17, 15) is 15.0 Å². The van der Waals surface area contributed by atoms with Crippen molar-refractivity contribution in [3.05, 3.63) is 0 Å². The molecule has 1 heterocycles. The molecular formula is C14H24O4. The highest BCUT2D eigenvalue weighted by atomic mass is 16.5. The molecule has 1 saturated heterocycles. The average molecular weight is 256 g/mol. The van der Waals surface area contributed by atoms with Crippen molar-refractivity contribution in [2.24, 2.45) is 11.8 Å². The lowest BCUT2D eigenvalue weighted by Crippen LogP contribution is -2.42. The molecule has 0 aromatic rings. The second-order valence-corrected chi connectivity index (χ2v) is 5.83. The van der Waals surface area contributed by atoms with Gasteiger partial charge in [-0.05, 0) is 44.9 Å². The fourth-order valence-corrected chi connectivity index (χ4v) is 3.37. The van der Waals surface area contributed by atoms with E-state index in [1.54, 1.807) is 0 Å². The Morgan fingerprint density at radius 1 is 1.00 bits per heavy atom. The molecule has 0 amide bonds. The number of carbonyl (C=O) groups excluding carboxylic acids is 1. The van der Waals surface area contributed by atoms with Gasteiger partial charge in [-0.15, -0.1) is 0 Å². The van der Waals surface area contributed by atoms with Crippen molar-refractivity contribution in [2.75, 3.05) is 0 Å². The van der Waals surface area contributed by atoms with Gasteiger partial charge in [0.2, 0.25) is 0 Å². The summed E-state index contributed by atoms with van der Waals surface area (Å²) in [6, 6.07) is 0. The van der Waals surface area contributed by atoms with Gasteiger partial charge in [-0.2, -0.15) is 0 Å². The summed E-state index contributed by atoms with van der Waals surface area (Å²) in [5, 5.41) is 20.1. The lowest BCUT2D eigenvalue weighted by molar-refractivity contribution is -0.154. The Kier molecular flexibility index (Phi) is 4.62. The third-order valence-corrected chi connectivity index (χ3v) is 4.43. The molecule has 104 valence electrons. The topological polar surface area (TPSA) is 66.8 Å². The number of hydrogen-bond acceptors (Lipinski definition) is 4. The molecule has 4 heteroatoms. The summed E-state index contributed by atoms with van der Waals surface area (Å²) in [4.78, 5) is 11.8. The maximum absolute atomic E-state index is 11.8. The Bertz CT molecular complexity index is 292. The summed E-state index contributed by atoms with van der Waals surface area (Å²) < 4.78 is 5.33. The van der Waals surface area contributed by atoms with Crippen molar-refractivity contribution in [1.29, 1.82) is 0 Å². The summed E-state index contributed by atoms with van der Waals surface area (Å²) >= 11 is 0. The van der Waals surface area contributed by atoms with Gasteiger partial charge in [-0.25, -0.2) is 0 Å². The van der Waals surface area contributed by atoms with E-state index in [2.05, 4.69) is 0 Å². The minimum Gasteiger partial charge on any atom is -0.463 e. The minimum atomic E-state index is -0.472. The molecule has 2 aliphatic rings. The van der Waals surface area contributed by atoms with Gasteiger partial charge >= 0.3 is 5.97 Å². The minimum absolute atomic E-state index is 0.0280. The van der Waals surface area contributed by atoms with Crippen LogP contribution in [-0.4, -0.2) is 34.5 Å². The number of cyclic esters (lactones) is 1. The molecule has 0 unspecified atom stereocenters. The lowest BCUT2D eigenvalue weighted by Gasteiger charge is -2.39. The third-order valence-electron chi connectivity index (χ3n) is 4.43. The first-order valence-corrected chi connectivity index (χ1v) is 7.13. The number of aliphatic hydroxyl groups is 2. The van der Waals surface area contributed by atoms with Crippen LogP contribution in [0.2, 0.25) is 0 Å². The molecule has 1 saturated carbocycles. The van der Waals surface area contributed by atoms with E-state index in [-0.39, 0.29) is 36.4 Å². The zero-order valence-corrected chi connectivity index (χ0v) is 11.0. The molecule has 0 bridgehead atoms. The average Bonchev–Trinajstić information content (AvgIpc) is 2.31. The zero-order chi connectivity index (χ0) is 13.1. The van der Waals surface area contributed by atoms with Crippen LogP contribution in [0.4, 0.5) is 0 Å². The molecule has 0 radical (unpaired) electrons. The van der Waals surface area contributed by atoms with Gasteiger partial charge in [0, 0.05) is 5.92 Å². The largest absolute Gasteiger partial charge is 0.463 e. The molecule has 0 aromatic carbocycles. The number of rotatable bonds is 0. The normalized spacial score (nSPS) is 42.8. The molecule has 5 atom stereocenters. The molecule has 0 aromatic heterocycles. The number of hydrogen-bond donors (Lipinski definition) is 2. The van der Waals surface area contributed by atoms with Crippen LogP contribution in [0.3, 0.4) is 0 Å². The highest BCUT2D eigenvalue weighted by Gasteiger charge is 2.39. The summed E-state index contributed by atoms with van der Waals surface area (Å²) in [7, 11) is 0. The molecule has 1 aliphatic carbocycles. The summed E-state index contributed by atoms with van der Waals surface area (Å²) in [6.07, 6.45) is 4.45. The SMILES string of the molecule is C[C@H]1CCCC[C@@H]2[C@@H](CC(=O)O1)[C@@H](O)CC[C@@H]2O. The highest BCUT2D eigenvalue weighted by molar-refractivity contribution is 5.70. The van der Waals surface area contributed by atoms with E-state index in [1.165, 1.54) is 0 Å². The molecule has 2 fully saturated rings. The maximum Gasteiger partial charge on any atom is 0.306 e. The monoisotopic (exact) mass is 256 g/mol. The lowest BCUT2D eigenvalue weighted by atomic mass is 9.71. The smallest absolute Gasteiger partial charge is 0.306 e. The van der Waals surface area contributed by atoms with Crippen molar-refractivity contribution in [3.63, 3.8) is 0 Å². The first-order valence-electron chi connectivity index (χ1n) is 7.13. The number of fused-ring (bicyclic) bond motifs is 1. The molecular weight excluding hydrogens is 232 g/mol. The summed E-state index contributed by atoms with van der Waals surface area (Å²) in [6.45, 7) is 1.92. The Hall–Kier alpha value is -0.610. The van der Waals surface area contributed by atoms with Crippen LogP contribution >= 0.6 is 0 Å². The van der Waals surface area contributed by atoms with Gasteiger partial charge in [0.25, 0.3) is 0 Å². The quantitative estimate of drug-likeness (QED) is 0.646. The summed E-state index contributed by atoms with van der Waals surface area (Å²) in [5.74, 6) is -0.311. The van der Waals surface area contributed by atoms with E-state index in [4.69, 9.17) is 4.74 Å². The van der Waals surface area contributed by atoms with Gasteiger partial charge in [0.05, 0.1) is 24.7 Å². The molecule has 18 heavy (non-hydrogen) atoms. The Morgan fingerprint density at radius 3 is 2.33 bits per heavy atom. The van der Waals surface area contributed by atoms with Gasteiger partial charge in [0.1, 0.15) is 0 Å².